The van der Waals surface area contributed by atoms with Crippen LogP contribution in [0, 0.1) is 11.7 Å². The molecule has 2 nitrogen and oxygen atoms in total. The molecule has 1 aliphatic rings. The van der Waals surface area contributed by atoms with Crippen LogP contribution in [-0.4, -0.2) is 19.1 Å². The third-order valence-electron chi connectivity index (χ3n) is 3.57. The van der Waals surface area contributed by atoms with E-state index < -0.39 is 0 Å². The van der Waals surface area contributed by atoms with Crippen LogP contribution >= 0.6 is 0 Å². The van der Waals surface area contributed by atoms with Crippen molar-refractivity contribution in [2.75, 3.05) is 18.0 Å². The highest BCUT2D eigenvalue weighted by Gasteiger charge is 2.19. The Hall–Kier alpha value is -1.09. The zero-order chi connectivity index (χ0) is 13.1. The highest BCUT2D eigenvalue weighted by Crippen LogP contribution is 2.26. The van der Waals surface area contributed by atoms with E-state index in [1.165, 1.54) is 6.42 Å². The maximum atomic E-state index is 14.1. The van der Waals surface area contributed by atoms with Crippen LogP contribution in [0.5, 0.6) is 0 Å². The van der Waals surface area contributed by atoms with Gasteiger partial charge in [0.2, 0.25) is 0 Å². The van der Waals surface area contributed by atoms with E-state index in [1.54, 1.807) is 6.07 Å². The molecule has 0 aromatic heterocycles. The molecule has 0 saturated carbocycles. The van der Waals surface area contributed by atoms with E-state index in [-0.39, 0.29) is 11.9 Å². The number of anilines is 1. The molecule has 0 aliphatic carbocycles. The largest absolute Gasteiger partial charge is 0.369 e. The van der Waals surface area contributed by atoms with E-state index in [9.17, 15) is 4.39 Å². The van der Waals surface area contributed by atoms with E-state index in [4.69, 9.17) is 5.73 Å². The second kappa shape index (κ2) is 5.70. The van der Waals surface area contributed by atoms with E-state index in [2.05, 4.69) is 11.8 Å². The Kier molecular flexibility index (Phi) is 4.23. The maximum absolute atomic E-state index is 14.1. The molecule has 0 amide bonds. The van der Waals surface area contributed by atoms with Gasteiger partial charge in [0.1, 0.15) is 5.82 Å². The normalized spacial score (nSPS) is 22.0. The average molecular weight is 250 g/mol. The van der Waals surface area contributed by atoms with Gasteiger partial charge in [-0.2, -0.15) is 0 Å². The first-order valence-electron chi connectivity index (χ1n) is 6.85. The highest BCUT2D eigenvalue weighted by atomic mass is 19.1. The first-order valence-corrected chi connectivity index (χ1v) is 6.85. The third kappa shape index (κ3) is 3.22. The van der Waals surface area contributed by atoms with E-state index >= 15 is 0 Å². The summed E-state index contributed by atoms with van der Waals surface area (Å²) < 4.78 is 14.1. The van der Waals surface area contributed by atoms with Crippen LogP contribution in [0.2, 0.25) is 0 Å². The van der Waals surface area contributed by atoms with Crippen molar-refractivity contribution >= 4 is 5.69 Å². The summed E-state index contributed by atoms with van der Waals surface area (Å²) in [6.45, 7) is 6.10. The van der Waals surface area contributed by atoms with Crippen LogP contribution in [0.1, 0.15) is 32.3 Å². The summed E-state index contributed by atoms with van der Waals surface area (Å²) in [5.41, 5.74) is 7.47. The molecule has 0 spiro atoms. The quantitative estimate of drug-likeness (QED) is 0.893. The second-order valence-electron chi connectivity index (χ2n) is 5.66. The zero-order valence-electron chi connectivity index (χ0n) is 11.3. The summed E-state index contributed by atoms with van der Waals surface area (Å²) in [7, 11) is 0. The molecule has 2 unspecified atom stereocenters. The number of hydrogen-bond donors (Lipinski definition) is 1. The van der Waals surface area contributed by atoms with Crippen LogP contribution in [0.15, 0.2) is 18.2 Å². The number of nitrogens with zero attached hydrogens (tertiary/aromatic N) is 1. The summed E-state index contributed by atoms with van der Waals surface area (Å²) in [6.07, 6.45) is 3.14. The lowest BCUT2D eigenvalue weighted by Crippen LogP contribution is -2.34. The summed E-state index contributed by atoms with van der Waals surface area (Å²) in [5.74, 6) is 0.546. The molecule has 3 heteroatoms. The van der Waals surface area contributed by atoms with Gasteiger partial charge in [-0.15, -0.1) is 0 Å². The lowest BCUT2D eigenvalue weighted by atomic mass is 9.99. The number of hydrogen-bond acceptors (Lipinski definition) is 2. The van der Waals surface area contributed by atoms with Gasteiger partial charge in [0.15, 0.2) is 0 Å². The van der Waals surface area contributed by atoms with Crippen molar-refractivity contribution in [1.29, 1.82) is 0 Å². The molecule has 18 heavy (non-hydrogen) atoms. The topological polar surface area (TPSA) is 29.3 Å². The van der Waals surface area contributed by atoms with Gasteiger partial charge in [0.05, 0.1) is 5.69 Å². The Balaban J connectivity index is 2.13. The van der Waals surface area contributed by atoms with Crippen molar-refractivity contribution in [1.82, 2.24) is 0 Å². The molecule has 1 aromatic rings. The Morgan fingerprint density at radius 1 is 1.50 bits per heavy atom. The van der Waals surface area contributed by atoms with Crippen molar-refractivity contribution in [3.05, 3.63) is 29.6 Å². The molecule has 1 fully saturated rings. The first-order chi connectivity index (χ1) is 8.56. The number of benzene rings is 1. The van der Waals surface area contributed by atoms with Crippen LogP contribution in [0.25, 0.3) is 0 Å². The van der Waals surface area contributed by atoms with Gasteiger partial charge in [0.25, 0.3) is 0 Å². The van der Waals surface area contributed by atoms with Crippen molar-refractivity contribution in [2.45, 2.75) is 39.2 Å². The molecule has 2 atom stereocenters. The monoisotopic (exact) mass is 250 g/mol. The average Bonchev–Trinajstić information content (AvgIpc) is 2.28. The molecule has 1 aliphatic heterocycles. The molecule has 0 bridgehead atoms. The van der Waals surface area contributed by atoms with E-state index in [0.29, 0.717) is 5.92 Å². The molecule has 2 N–H and O–H groups in total. The van der Waals surface area contributed by atoms with Crippen LogP contribution in [0.4, 0.5) is 10.1 Å². The predicted molar refractivity (Wildman–Crippen MR) is 74.4 cm³/mol. The minimum atomic E-state index is -0.109. The third-order valence-corrected chi connectivity index (χ3v) is 3.57. The molecule has 1 aromatic carbocycles. The van der Waals surface area contributed by atoms with Crippen LogP contribution < -0.4 is 10.6 Å². The number of halogens is 1. The summed E-state index contributed by atoms with van der Waals surface area (Å²) in [5, 5.41) is 0. The molecular formula is C15H23FN2. The fraction of sp³-hybridized carbons (Fsp3) is 0.600. The van der Waals surface area contributed by atoms with Crippen molar-refractivity contribution in [3.63, 3.8) is 0 Å². The minimum absolute atomic E-state index is 0.0743. The van der Waals surface area contributed by atoms with Gasteiger partial charge >= 0.3 is 0 Å². The van der Waals surface area contributed by atoms with Gasteiger partial charge < -0.3 is 10.6 Å². The van der Waals surface area contributed by atoms with Crippen LogP contribution in [0.3, 0.4) is 0 Å². The van der Waals surface area contributed by atoms with Gasteiger partial charge in [-0.05, 0) is 49.8 Å². The zero-order valence-corrected chi connectivity index (χ0v) is 11.3. The molecule has 1 heterocycles. The highest BCUT2D eigenvalue weighted by molar-refractivity contribution is 5.49. The smallest absolute Gasteiger partial charge is 0.146 e. The van der Waals surface area contributed by atoms with E-state index in [0.717, 1.165) is 37.2 Å². The van der Waals surface area contributed by atoms with Gasteiger partial charge in [-0.25, -0.2) is 4.39 Å². The summed E-state index contributed by atoms with van der Waals surface area (Å²) in [4.78, 5) is 2.17. The van der Waals surface area contributed by atoms with Crippen molar-refractivity contribution in [2.24, 2.45) is 11.7 Å². The lowest BCUT2D eigenvalue weighted by molar-refractivity contribution is 0.442. The molecule has 100 valence electrons. The fourth-order valence-corrected chi connectivity index (χ4v) is 2.71. The number of nitrogens with two attached hydrogens (primary N) is 1. The number of piperidine rings is 1. The Morgan fingerprint density at radius 2 is 2.28 bits per heavy atom. The summed E-state index contributed by atoms with van der Waals surface area (Å²) >= 11 is 0. The van der Waals surface area contributed by atoms with Crippen molar-refractivity contribution < 1.29 is 4.39 Å². The predicted octanol–water partition coefficient (Wildman–Crippen LogP) is 2.95. The summed E-state index contributed by atoms with van der Waals surface area (Å²) in [6, 6.07) is 5.62. The standard InChI is InChI=1S/C15H23FN2/c1-11-4-3-7-18(10-11)15-6-5-13(8-12(2)17)9-14(15)16/h5-6,9,11-12H,3-4,7-8,10,17H2,1-2H3. The van der Waals surface area contributed by atoms with Crippen LogP contribution in [-0.2, 0) is 6.42 Å². The molecule has 1 saturated heterocycles. The van der Waals surface area contributed by atoms with E-state index in [1.807, 2.05) is 19.1 Å². The minimum Gasteiger partial charge on any atom is -0.369 e. The van der Waals surface area contributed by atoms with Gasteiger partial charge in [-0.3, -0.25) is 0 Å². The second-order valence-corrected chi connectivity index (χ2v) is 5.66. The molecule has 0 radical (unpaired) electrons. The fourth-order valence-electron chi connectivity index (χ4n) is 2.71. The lowest BCUT2D eigenvalue weighted by Gasteiger charge is -2.33. The Bertz CT molecular complexity index is 403. The number of rotatable bonds is 3. The molecule has 2 rings (SSSR count). The molecular weight excluding hydrogens is 227 g/mol. The van der Waals surface area contributed by atoms with Crippen molar-refractivity contribution in [3.8, 4) is 0 Å². The van der Waals surface area contributed by atoms with Gasteiger partial charge in [-0.1, -0.05) is 13.0 Å². The Morgan fingerprint density at radius 3 is 2.89 bits per heavy atom. The maximum Gasteiger partial charge on any atom is 0.146 e. The van der Waals surface area contributed by atoms with Gasteiger partial charge in [0, 0.05) is 19.1 Å². The first kappa shape index (κ1) is 13.3. The Labute approximate surface area is 109 Å². The SMILES string of the molecule is CC(N)Cc1ccc(N2CCCC(C)C2)c(F)c1.